The first-order chi connectivity index (χ1) is 9.28. The average molecular weight is 277 g/mol. The monoisotopic (exact) mass is 277 g/mol. The summed E-state index contributed by atoms with van der Waals surface area (Å²) < 4.78 is 11.1. The molecule has 3 nitrogen and oxygen atoms in total. The lowest BCUT2D eigenvalue weighted by molar-refractivity contribution is 0.215. The summed E-state index contributed by atoms with van der Waals surface area (Å²) in [5, 5.41) is 3.31. The fourth-order valence-electron chi connectivity index (χ4n) is 1.74. The number of hydrogen-bond donors (Lipinski definition) is 1. The molecule has 1 aromatic heterocycles. The third kappa shape index (κ3) is 4.65. The van der Waals surface area contributed by atoms with Gasteiger partial charge in [-0.3, -0.25) is 0 Å². The van der Waals surface area contributed by atoms with Gasteiger partial charge in [-0.15, -0.1) is 11.8 Å². The van der Waals surface area contributed by atoms with Crippen molar-refractivity contribution in [2.45, 2.75) is 24.5 Å². The lowest BCUT2D eigenvalue weighted by Gasteiger charge is -2.15. The van der Waals surface area contributed by atoms with Crippen LogP contribution in [0.1, 0.15) is 12.7 Å². The van der Waals surface area contributed by atoms with Crippen LogP contribution in [0.5, 0.6) is 5.75 Å². The molecule has 1 heterocycles. The standard InChI is InChI=1S/C15H19NO2S/c1-12(10-16-11-14-4-3-9-17-14)18-13-5-7-15(19-2)8-6-13/h3-9,12,16H,10-11H2,1-2H3. The summed E-state index contributed by atoms with van der Waals surface area (Å²) in [6.07, 6.45) is 3.87. The topological polar surface area (TPSA) is 34.4 Å². The van der Waals surface area contributed by atoms with E-state index in [0.29, 0.717) is 0 Å². The molecule has 0 radical (unpaired) electrons. The Balaban J connectivity index is 1.72. The smallest absolute Gasteiger partial charge is 0.119 e. The summed E-state index contributed by atoms with van der Waals surface area (Å²) in [5.41, 5.74) is 0. The van der Waals surface area contributed by atoms with E-state index in [9.17, 15) is 0 Å². The minimum atomic E-state index is 0.120. The molecule has 1 aromatic carbocycles. The molecule has 0 aliphatic heterocycles. The van der Waals surface area contributed by atoms with Crippen LogP contribution in [-0.4, -0.2) is 18.9 Å². The van der Waals surface area contributed by atoms with Crippen molar-refractivity contribution in [3.8, 4) is 5.75 Å². The summed E-state index contributed by atoms with van der Waals surface area (Å²) in [6, 6.07) is 12.0. The van der Waals surface area contributed by atoms with Crippen molar-refractivity contribution in [2.75, 3.05) is 12.8 Å². The van der Waals surface area contributed by atoms with Crippen LogP contribution in [-0.2, 0) is 6.54 Å². The molecule has 0 aliphatic rings. The fraction of sp³-hybridized carbons (Fsp3) is 0.333. The van der Waals surface area contributed by atoms with E-state index in [-0.39, 0.29) is 6.10 Å². The molecule has 0 spiro atoms. The van der Waals surface area contributed by atoms with Gasteiger partial charge in [0, 0.05) is 11.4 Å². The van der Waals surface area contributed by atoms with Gasteiger partial charge in [0.1, 0.15) is 17.6 Å². The first-order valence-corrected chi connectivity index (χ1v) is 7.54. The maximum atomic E-state index is 5.83. The summed E-state index contributed by atoms with van der Waals surface area (Å²) >= 11 is 1.73. The number of ether oxygens (including phenoxy) is 1. The first kappa shape index (κ1) is 14.0. The van der Waals surface area contributed by atoms with E-state index in [1.807, 2.05) is 24.3 Å². The SMILES string of the molecule is CSc1ccc(OC(C)CNCc2ccco2)cc1. The van der Waals surface area contributed by atoms with Crippen molar-refractivity contribution in [1.82, 2.24) is 5.32 Å². The Bertz CT molecular complexity index is 467. The Morgan fingerprint density at radius 2 is 2.05 bits per heavy atom. The van der Waals surface area contributed by atoms with E-state index in [1.165, 1.54) is 4.90 Å². The number of thioether (sulfide) groups is 1. The van der Waals surface area contributed by atoms with Gasteiger partial charge in [-0.2, -0.15) is 0 Å². The number of rotatable bonds is 7. The van der Waals surface area contributed by atoms with Gasteiger partial charge in [-0.25, -0.2) is 0 Å². The molecule has 0 saturated carbocycles. The molecule has 0 bridgehead atoms. The quantitative estimate of drug-likeness (QED) is 0.785. The Morgan fingerprint density at radius 1 is 1.26 bits per heavy atom. The van der Waals surface area contributed by atoms with Gasteiger partial charge in [-0.1, -0.05) is 0 Å². The van der Waals surface area contributed by atoms with Crippen molar-refractivity contribution >= 4 is 11.8 Å². The molecule has 1 N–H and O–H groups in total. The third-order valence-electron chi connectivity index (χ3n) is 2.71. The lowest BCUT2D eigenvalue weighted by atomic mass is 10.3. The molecular weight excluding hydrogens is 258 g/mol. The lowest BCUT2D eigenvalue weighted by Crippen LogP contribution is -2.28. The summed E-state index contributed by atoms with van der Waals surface area (Å²) in [4.78, 5) is 1.25. The molecule has 2 rings (SSSR count). The van der Waals surface area contributed by atoms with E-state index in [1.54, 1.807) is 18.0 Å². The zero-order valence-corrected chi connectivity index (χ0v) is 12.1. The van der Waals surface area contributed by atoms with E-state index in [4.69, 9.17) is 9.15 Å². The van der Waals surface area contributed by atoms with Gasteiger partial charge in [0.25, 0.3) is 0 Å². The molecule has 1 unspecified atom stereocenters. The maximum Gasteiger partial charge on any atom is 0.119 e. The number of nitrogens with one attached hydrogen (secondary N) is 1. The first-order valence-electron chi connectivity index (χ1n) is 6.31. The third-order valence-corrected chi connectivity index (χ3v) is 3.45. The normalized spacial score (nSPS) is 12.3. The van der Waals surface area contributed by atoms with Crippen molar-refractivity contribution in [3.63, 3.8) is 0 Å². The Labute approximate surface area is 118 Å². The Kier molecular flexibility index (Phi) is 5.36. The van der Waals surface area contributed by atoms with Crippen LogP contribution < -0.4 is 10.1 Å². The molecule has 4 heteroatoms. The van der Waals surface area contributed by atoms with Crippen LogP contribution in [0.4, 0.5) is 0 Å². The van der Waals surface area contributed by atoms with E-state index < -0.39 is 0 Å². The van der Waals surface area contributed by atoms with E-state index in [0.717, 1.165) is 24.6 Å². The molecule has 102 valence electrons. The summed E-state index contributed by atoms with van der Waals surface area (Å²) in [5.74, 6) is 1.85. The summed E-state index contributed by atoms with van der Waals surface area (Å²) in [7, 11) is 0. The largest absolute Gasteiger partial charge is 0.489 e. The molecule has 1 atom stereocenters. The van der Waals surface area contributed by atoms with Gasteiger partial charge < -0.3 is 14.5 Å². The van der Waals surface area contributed by atoms with E-state index in [2.05, 4.69) is 30.6 Å². The van der Waals surface area contributed by atoms with Gasteiger partial charge in [0.15, 0.2) is 0 Å². The zero-order valence-electron chi connectivity index (χ0n) is 11.3. The van der Waals surface area contributed by atoms with Gasteiger partial charge >= 0.3 is 0 Å². The van der Waals surface area contributed by atoms with Crippen LogP contribution in [0.3, 0.4) is 0 Å². The van der Waals surface area contributed by atoms with Crippen molar-refractivity contribution in [2.24, 2.45) is 0 Å². The number of furan rings is 1. The Hall–Kier alpha value is -1.39. The predicted octanol–water partition coefficient (Wildman–Crippen LogP) is 3.56. The average Bonchev–Trinajstić information content (AvgIpc) is 2.93. The highest BCUT2D eigenvalue weighted by atomic mass is 32.2. The highest BCUT2D eigenvalue weighted by Crippen LogP contribution is 2.19. The van der Waals surface area contributed by atoms with E-state index >= 15 is 0 Å². The zero-order chi connectivity index (χ0) is 13.5. The fourth-order valence-corrected chi connectivity index (χ4v) is 2.15. The molecular formula is C15H19NO2S. The van der Waals surface area contributed by atoms with Gasteiger partial charge in [-0.05, 0) is 49.6 Å². The van der Waals surface area contributed by atoms with Gasteiger partial charge in [0.2, 0.25) is 0 Å². The van der Waals surface area contributed by atoms with Crippen LogP contribution in [0.25, 0.3) is 0 Å². The van der Waals surface area contributed by atoms with Crippen LogP contribution in [0.2, 0.25) is 0 Å². The van der Waals surface area contributed by atoms with Crippen LogP contribution >= 0.6 is 11.8 Å². The number of benzene rings is 1. The second-order valence-electron chi connectivity index (χ2n) is 4.31. The van der Waals surface area contributed by atoms with Crippen molar-refractivity contribution in [1.29, 1.82) is 0 Å². The highest BCUT2D eigenvalue weighted by molar-refractivity contribution is 7.98. The molecule has 0 saturated heterocycles. The minimum absolute atomic E-state index is 0.120. The number of hydrogen-bond acceptors (Lipinski definition) is 4. The molecule has 0 fully saturated rings. The van der Waals surface area contributed by atoms with Crippen LogP contribution in [0.15, 0.2) is 52.0 Å². The second kappa shape index (κ2) is 7.26. The predicted molar refractivity (Wildman–Crippen MR) is 78.7 cm³/mol. The maximum absolute atomic E-state index is 5.83. The molecule has 0 amide bonds. The Morgan fingerprint density at radius 3 is 2.68 bits per heavy atom. The minimum Gasteiger partial charge on any atom is -0.489 e. The molecule has 2 aromatic rings. The molecule has 19 heavy (non-hydrogen) atoms. The molecule has 0 aliphatic carbocycles. The second-order valence-corrected chi connectivity index (χ2v) is 5.19. The van der Waals surface area contributed by atoms with Crippen molar-refractivity contribution in [3.05, 3.63) is 48.4 Å². The van der Waals surface area contributed by atoms with Gasteiger partial charge in [0.05, 0.1) is 12.8 Å². The highest BCUT2D eigenvalue weighted by Gasteiger charge is 2.04. The van der Waals surface area contributed by atoms with Crippen molar-refractivity contribution < 1.29 is 9.15 Å². The summed E-state index contributed by atoms with van der Waals surface area (Å²) in [6.45, 7) is 3.56. The van der Waals surface area contributed by atoms with Crippen LogP contribution in [0, 0.1) is 0 Å².